The Bertz CT molecular complexity index is 414. The quantitative estimate of drug-likeness (QED) is 0.800. The van der Waals surface area contributed by atoms with Crippen molar-refractivity contribution in [1.29, 1.82) is 0 Å². The number of carbonyl (C=O) groups is 1. The first-order valence-corrected chi connectivity index (χ1v) is 6.31. The van der Waals surface area contributed by atoms with Crippen LogP contribution in [0.25, 0.3) is 0 Å². The van der Waals surface area contributed by atoms with Gasteiger partial charge >= 0.3 is 6.03 Å². The van der Waals surface area contributed by atoms with E-state index in [0.29, 0.717) is 32.8 Å². The third-order valence-corrected chi connectivity index (χ3v) is 3.28. The number of aryl methyl sites for hydroxylation is 1. The number of morpholine rings is 1. The van der Waals surface area contributed by atoms with E-state index in [1.165, 1.54) is 11.1 Å². The zero-order valence-corrected chi connectivity index (χ0v) is 11.1. The smallest absolute Gasteiger partial charge is 0.320 e. The Hall–Kier alpha value is -1.55. The SMILES string of the molecule is Cc1ccccc1CN(C)C(=O)N1CCOCC1. The molecule has 1 aromatic carbocycles. The van der Waals surface area contributed by atoms with Gasteiger partial charge in [0.1, 0.15) is 0 Å². The van der Waals surface area contributed by atoms with Gasteiger partial charge in [0.25, 0.3) is 0 Å². The Morgan fingerprint density at radius 2 is 2.00 bits per heavy atom. The highest BCUT2D eigenvalue weighted by Crippen LogP contribution is 2.11. The molecule has 1 heterocycles. The molecule has 1 saturated heterocycles. The van der Waals surface area contributed by atoms with E-state index in [4.69, 9.17) is 4.74 Å². The van der Waals surface area contributed by atoms with Crippen LogP contribution in [0.5, 0.6) is 0 Å². The lowest BCUT2D eigenvalue weighted by molar-refractivity contribution is 0.0448. The van der Waals surface area contributed by atoms with Crippen LogP contribution in [0.2, 0.25) is 0 Å². The van der Waals surface area contributed by atoms with Gasteiger partial charge in [0.2, 0.25) is 0 Å². The zero-order valence-electron chi connectivity index (χ0n) is 11.1. The molecule has 0 bridgehead atoms. The summed E-state index contributed by atoms with van der Waals surface area (Å²) < 4.78 is 5.25. The molecule has 1 aliphatic rings. The van der Waals surface area contributed by atoms with Gasteiger partial charge in [-0.1, -0.05) is 24.3 Å². The van der Waals surface area contributed by atoms with E-state index in [-0.39, 0.29) is 6.03 Å². The number of hydrogen-bond acceptors (Lipinski definition) is 2. The van der Waals surface area contributed by atoms with Crippen LogP contribution in [-0.4, -0.2) is 49.2 Å². The van der Waals surface area contributed by atoms with Gasteiger partial charge in [-0.25, -0.2) is 4.79 Å². The second-order valence-electron chi connectivity index (χ2n) is 4.66. The summed E-state index contributed by atoms with van der Waals surface area (Å²) in [5.41, 5.74) is 2.42. The molecule has 0 spiro atoms. The fourth-order valence-electron chi connectivity index (χ4n) is 2.11. The first kappa shape index (κ1) is 12.9. The van der Waals surface area contributed by atoms with Crippen molar-refractivity contribution in [2.24, 2.45) is 0 Å². The third kappa shape index (κ3) is 3.01. The predicted octanol–water partition coefficient (Wildman–Crippen LogP) is 1.88. The van der Waals surface area contributed by atoms with Gasteiger partial charge < -0.3 is 14.5 Å². The number of ether oxygens (including phenoxy) is 1. The van der Waals surface area contributed by atoms with Crippen molar-refractivity contribution in [2.45, 2.75) is 13.5 Å². The van der Waals surface area contributed by atoms with Crippen molar-refractivity contribution in [3.05, 3.63) is 35.4 Å². The lowest BCUT2D eigenvalue weighted by atomic mass is 10.1. The molecule has 4 nitrogen and oxygen atoms in total. The number of rotatable bonds is 2. The minimum atomic E-state index is 0.0848. The molecule has 1 aromatic rings. The summed E-state index contributed by atoms with van der Waals surface area (Å²) in [5, 5.41) is 0. The molecule has 0 N–H and O–H groups in total. The summed E-state index contributed by atoms with van der Waals surface area (Å²) in [5.74, 6) is 0. The minimum absolute atomic E-state index is 0.0848. The Morgan fingerprint density at radius 3 is 2.67 bits per heavy atom. The van der Waals surface area contributed by atoms with Crippen molar-refractivity contribution in [3.8, 4) is 0 Å². The fraction of sp³-hybridized carbons (Fsp3) is 0.500. The van der Waals surface area contributed by atoms with Crippen LogP contribution in [0.3, 0.4) is 0 Å². The van der Waals surface area contributed by atoms with Crippen LogP contribution < -0.4 is 0 Å². The molecule has 0 atom stereocenters. The summed E-state index contributed by atoms with van der Waals surface area (Å²) in [6, 6.07) is 8.25. The molecule has 0 aromatic heterocycles. The molecule has 2 amide bonds. The van der Waals surface area contributed by atoms with Gasteiger partial charge in [-0.2, -0.15) is 0 Å². The van der Waals surface area contributed by atoms with Crippen LogP contribution in [-0.2, 0) is 11.3 Å². The van der Waals surface area contributed by atoms with Crippen LogP contribution in [0, 0.1) is 6.92 Å². The Morgan fingerprint density at radius 1 is 1.33 bits per heavy atom. The zero-order chi connectivity index (χ0) is 13.0. The standard InChI is InChI=1S/C14H20N2O2/c1-12-5-3-4-6-13(12)11-15(2)14(17)16-7-9-18-10-8-16/h3-6H,7-11H2,1-2H3. The second-order valence-corrected chi connectivity index (χ2v) is 4.66. The lowest BCUT2D eigenvalue weighted by Crippen LogP contribution is -2.46. The van der Waals surface area contributed by atoms with E-state index in [1.807, 2.05) is 24.1 Å². The van der Waals surface area contributed by atoms with Gasteiger partial charge in [0.05, 0.1) is 13.2 Å². The molecule has 2 rings (SSSR count). The largest absolute Gasteiger partial charge is 0.378 e. The highest BCUT2D eigenvalue weighted by molar-refractivity contribution is 5.74. The first-order valence-electron chi connectivity index (χ1n) is 6.31. The van der Waals surface area contributed by atoms with Crippen molar-refractivity contribution in [3.63, 3.8) is 0 Å². The van der Waals surface area contributed by atoms with E-state index < -0.39 is 0 Å². The molecule has 0 saturated carbocycles. The molecular formula is C14H20N2O2. The van der Waals surface area contributed by atoms with Crippen molar-refractivity contribution in [1.82, 2.24) is 9.80 Å². The maximum Gasteiger partial charge on any atom is 0.320 e. The maximum absolute atomic E-state index is 12.2. The van der Waals surface area contributed by atoms with Gasteiger partial charge in [-0.15, -0.1) is 0 Å². The second kappa shape index (κ2) is 5.87. The summed E-state index contributed by atoms with van der Waals surface area (Å²) >= 11 is 0. The van der Waals surface area contributed by atoms with Gasteiger partial charge in [-0.3, -0.25) is 0 Å². The Labute approximate surface area is 108 Å². The summed E-state index contributed by atoms with van der Waals surface area (Å²) in [7, 11) is 1.85. The summed E-state index contributed by atoms with van der Waals surface area (Å²) in [6.07, 6.45) is 0. The highest BCUT2D eigenvalue weighted by atomic mass is 16.5. The van der Waals surface area contributed by atoms with E-state index in [1.54, 1.807) is 4.90 Å². The average molecular weight is 248 g/mol. The topological polar surface area (TPSA) is 32.8 Å². The minimum Gasteiger partial charge on any atom is -0.378 e. The van der Waals surface area contributed by atoms with E-state index in [9.17, 15) is 4.79 Å². The molecule has 1 aliphatic heterocycles. The molecule has 0 aliphatic carbocycles. The average Bonchev–Trinajstić information content (AvgIpc) is 2.41. The van der Waals surface area contributed by atoms with Crippen LogP contribution >= 0.6 is 0 Å². The molecule has 0 unspecified atom stereocenters. The number of benzene rings is 1. The van der Waals surface area contributed by atoms with E-state index in [2.05, 4.69) is 19.1 Å². The molecule has 1 fully saturated rings. The Balaban J connectivity index is 1.96. The number of amides is 2. The molecule has 18 heavy (non-hydrogen) atoms. The normalized spacial score (nSPS) is 15.6. The van der Waals surface area contributed by atoms with Crippen LogP contribution in [0.15, 0.2) is 24.3 Å². The van der Waals surface area contributed by atoms with Gasteiger partial charge in [0, 0.05) is 26.7 Å². The number of nitrogens with zero attached hydrogens (tertiary/aromatic N) is 2. The predicted molar refractivity (Wildman–Crippen MR) is 70.4 cm³/mol. The van der Waals surface area contributed by atoms with Gasteiger partial charge in [-0.05, 0) is 18.1 Å². The van der Waals surface area contributed by atoms with Gasteiger partial charge in [0.15, 0.2) is 0 Å². The van der Waals surface area contributed by atoms with E-state index >= 15 is 0 Å². The molecule has 4 heteroatoms. The van der Waals surface area contributed by atoms with Crippen molar-refractivity contribution < 1.29 is 9.53 Å². The van der Waals surface area contributed by atoms with E-state index in [0.717, 1.165) is 0 Å². The first-order chi connectivity index (χ1) is 8.68. The highest BCUT2D eigenvalue weighted by Gasteiger charge is 2.20. The third-order valence-electron chi connectivity index (χ3n) is 3.28. The number of hydrogen-bond donors (Lipinski definition) is 0. The fourth-order valence-corrected chi connectivity index (χ4v) is 2.11. The molecule has 0 radical (unpaired) electrons. The van der Waals surface area contributed by atoms with Crippen LogP contribution in [0.4, 0.5) is 4.79 Å². The molecular weight excluding hydrogens is 228 g/mol. The number of urea groups is 1. The Kier molecular flexibility index (Phi) is 4.20. The lowest BCUT2D eigenvalue weighted by Gasteiger charge is -2.31. The number of carbonyl (C=O) groups excluding carboxylic acids is 1. The summed E-state index contributed by atoms with van der Waals surface area (Å²) in [6.45, 7) is 5.40. The van der Waals surface area contributed by atoms with Crippen molar-refractivity contribution in [2.75, 3.05) is 33.4 Å². The maximum atomic E-state index is 12.2. The summed E-state index contributed by atoms with van der Waals surface area (Å²) in [4.78, 5) is 15.8. The van der Waals surface area contributed by atoms with Crippen LogP contribution in [0.1, 0.15) is 11.1 Å². The monoisotopic (exact) mass is 248 g/mol. The van der Waals surface area contributed by atoms with Crippen molar-refractivity contribution >= 4 is 6.03 Å². The molecule has 98 valence electrons.